The molecule has 0 aromatic carbocycles. The van der Waals surface area contributed by atoms with Crippen LogP contribution in [0.3, 0.4) is 0 Å². The lowest BCUT2D eigenvalue weighted by molar-refractivity contribution is 0.0915. The minimum Gasteiger partial charge on any atom is -0.349 e. The molecule has 0 unspecified atom stereocenters. The zero-order valence-corrected chi connectivity index (χ0v) is 13.5. The van der Waals surface area contributed by atoms with Gasteiger partial charge in [-0.3, -0.25) is 4.79 Å². The smallest absolute Gasteiger partial charge is 0.252 e. The number of hydrogen-bond donors (Lipinski definition) is 2. The van der Waals surface area contributed by atoms with E-state index in [0.717, 1.165) is 23.2 Å². The van der Waals surface area contributed by atoms with Crippen LogP contribution in [0.5, 0.6) is 0 Å². The summed E-state index contributed by atoms with van der Waals surface area (Å²) >= 11 is 0.982. The second-order valence-electron chi connectivity index (χ2n) is 6.30. The van der Waals surface area contributed by atoms with Gasteiger partial charge in [0.15, 0.2) is 0 Å². The number of fused-ring (bicyclic) bond motifs is 2. The lowest BCUT2D eigenvalue weighted by Crippen LogP contribution is -2.40. The molecule has 0 radical (unpaired) electrons. The summed E-state index contributed by atoms with van der Waals surface area (Å²) in [4.78, 5) is 12.2. The highest BCUT2D eigenvalue weighted by Crippen LogP contribution is 2.49. The van der Waals surface area contributed by atoms with Crippen LogP contribution in [0.25, 0.3) is 0 Å². The van der Waals surface area contributed by atoms with Gasteiger partial charge in [-0.25, -0.2) is 13.6 Å². The first-order valence-electron chi connectivity index (χ1n) is 7.27. The minimum atomic E-state index is -3.73. The topological polar surface area (TPSA) is 89.3 Å². The molecule has 4 atom stereocenters. The highest BCUT2D eigenvalue weighted by Gasteiger charge is 2.42. The summed E-state index contributed by atoms with van der Waals surface area (Å²) in [6.45, 7) is 2.05. The van der Waals surface area contributed by atoms with Gasteiger partial charge in [-0.2, -0.15) is 0 Å². The fourth-order valence-corrected chi connectivity index (χ4v) is 5.47. The minimum absolute atomic E-state index is 0.0280. The first-order valence-corrected chi connectivity index (χ1v) is 9.69. The summed E-state index contributed by atoms with van der Waals surface area (Å²) in [5.41, 5.74) is 0.374. The van der Waals surface area contributed by atoms with E-state index in [4.69, 9.17) is 5.14 Å². The van der Waals surface area contributed by atoms with Crippen molar-refractivity contribution in [2.75, 3.05) is 0 Å². The maximum absolute atomic E-state index is 12.2. The van der Waals surface area contributed by atoms with Crippen LogP contribution in [-0.2, 0) is 10.0 Å². The van der Waals surface area contributed by atoms with Gasteiger partial charge >= 0.3 is 0 Å². The molecule has 1 amide bonds. The van der Waals surface area contributed by atoms with Crippen molar-refractivity contribution in [3.05, 3.63) is 17.0 Å². The second-order valence-corrected chi connectivity index (χ2v) is 9.00. The monoisotopic (exact) mass is 328 g/mol. The van der Waals surface area contributed by atoms with Gasteiger partial charge < -0.3 is 5.32 Å². The second kappa shape index (κ2) is 5.37. The van der Waals surface area contributed by atoms with Gasteiger partial charge in [-0.15, -0.1) is 11.3 Å². The van der Waals surface area contributed by atoms with Crippen molar-refractivity contribution >= 4 is 27.3 Å². The van der Waals surface area contributed by atoms with Gasteiger partial charge in [0.1, 0.15) is 4.21 Å². The number of rotatable bonds is 4. The van der Waals surface area contributed by atoms with Gasteiger partial charge in [-0.1, -0.05) is 6.42 Å². The summed E-state index contributed by atoms with van der Waals surface area (Å²) in [7, 11) is -3.73. The molecule has 7 heteroatoms. The largest absolute Gasteiger partial charge is 0.349 e. The van der Waals surface area contributed by atoms with Crippen LogP contribution >= 0.6 is 11.3 Å². The third-order valence-corrected chi connectivity index (χ3v) is 7.30. The number of carbonyl (C=O) groups is 1. The molecule has 1 aromatic rings. The van der Waals surface area contributed by atoms with Crippen molar-refractivity contribution in [2.45, 2.75) is 42.9 Å². The van der Waals surface area contributed by atoms with E-state index in [2.05, 4.69) is 12.2 Å². The molecule has 0 saturated heterocycles. The maximum Gasteiger partial charge on any atom is 0.252 e. The number of carbonyl (C=O) groups excluding carboxylic acids is 1. The molecular formula is C14H20N2O3S2. The van der Waals surface area contributed by atoms with E-state index in [9.17, 15) is 13.2 Å². The quantitative estimate of drug-likeness (QED) is 0.885. The number of nitrogens with one attached hydrogen (secondary N) is 1. The SMILES string of the molecule is C[C@@H](NC(=O)c1csc(S(N)(=O)=O)c1)[C@H]1C[C@H]2CC[C@H]1C2. The van der Waals surface area contributed by atoms with Gasteiger partial charge in [0.05, 0.1) is 5.56 Å². The number of nitrogens with two attached hydrogens (primary N) is 1. The Bertz CT molecular complexity index is 653. The number of hydrogen-bond acceptors (Lipinski definition) is 4. The molecule has 2 bridgehead atoms. The lowest BCUT2D eigenvalue weighted by Gasteiger charge is -2.28. The van der Waals surface area contributed by atoms with Gasteiger partial charge in [0.2, 0.25) is 10.0 Å². The highest BCUT2D eigenvalue weighted by molar-refractivity contribution is 7.91. The van der Waals surface area contributed by atoms with Crippen LogP contribution in [0.4, 0.5) is 0 Å². The Labute approximate surface area is 129 Å². The molecule has 21 heavy (non-hydrogen) atoms. The van der Waals surface area contributed by atoms with Crippen molar-refractivity contribution in [3.8, 4) is 0 Å². The molecular weight excluding hydrogens is 308 g/mol. The van der Waals surface area contributed by atoms with Crippen molar-refractivity contribution in [1.82, 2.24) is 5.32 Å². The van der Waals surface area contributed by atoms with E-state index in [1.165, 1.54) is 31.7 Å². The van der Waals surface area contributed by atoms with Crippen molar-refractivity contribution in [3.63, 3.8) is 0 Å². The molecule has 3 N–H and O–H groups in total. The van der Waals surface area contributed by atoms with Crippen LogP contribution in [0, 0.1) is 17.8 Å². The molecule has 5 nitrogen and oxygen atoms in total. The van der Waals surface area contributed by atoms with E-state index in [0.29, 0.717) is 11.5 Å². The van der Waals surface area contributed by atoms with E-state index in [1.54, 1.807) is 5.38 Å². The van der Waals surface area contributed by atoms with Crippen LogP contribution in [0.1, 0.15) is 43.0 Å². The Morgan fingerprint density at radius 1 is 1.43 bits per heavy atom. The Morgan fingerprint density at radius 3 is 2.71 bits per heavy atom. The van der Waals surface area contributed by atoms with Crippen molar-refractivity contribution in [1.29, 1.82) is 0 Å². The van der Waals surface area contributed by atoms with Gasteiger partial charge in [0.25, 0.3) is 5.91 Å². The van der Waals surface area contributed by atoms with Crippen molar-refractivity contribution < 1.29 is 13.2 Å². The first-order chi connectivity index (χ1) is 9.84. The first kappa shape index (κ1) is 15.0. The number of amides is 1. The average molecular weight is 328 g/mol. The fraction of sp³-hybridized carbons (Fsp3) is 0.643. The third kappa shape index (κ3) is 3.00. The molecule has 1 heterocycles. The number of thiophene rings is 1. The molecule has 0 spiro atoms. The average Bonchev–Trinajstić information content (AvgIpc) is 3.13. The summed E-state index contributed by atoms with van der Waals surface area (Å²) in [5, 5.41) is 9.63. The van der Waals surface area contributed by atoms with E-state index in [1.807, 2.05) is 0 Å². The third-order valence-electron chi connectivity index (χ3n) is 4.91. The van der Waals surface area contributed by atoms with Crippen molar-refractivity contribution in [2.24, 2.45) is 22.9 Å². The normalized spacial score (nSPS) is 29.5. The molecule has 2 fully saturated rings. The Kier molecular flexibility index (Phi) is 3.83. The maximum atomic E-state index is 12.2. The number of primary sulfonamides is 1. The van der Waals surface area contributed by atoms with Gasteiger partial charge in [-0.05, 0) is 50.0 Å². The predicted molar refractivity (Wildman–Crippen MR) is 81.6 cm³/mol. The lowest BCUT2D eigenvalue weighted by atomic mass is 9.84. The summed E-state index contributed by atoms with van der Waals surface area (Å²) in [6, 6.07) is 1.48. The van der Waals surface area contributed by atoms with Crippen LogP contribution in [0.2, 0.25) is 0 Å². The molecule has 116 valence electrons. The molecule has 0 aliphatic heterocycles. The molecule has 2 aliphatic rings. The fourth-order valence-electron chi connectivity index (χ4n) is 3.89. The Morgan fingerprint density at radius 2 is 2.19 bits per heavy atom. The van der Waals surface area contributed by atoms with E-state index >= 15 is 0 Å². The zero-order valence-electron chi connectivity index (χ0n) is 11.9. The Hall–Kier alpha value is -0.920. The summed E-state index contributed by atoms with van der Waals surface area (Å²) < 4.78 is 22.5. The predicted octanol–water partition coefficient (Wildman–Crippen LogP) is 1.95. The van der Waals surface area contributed by atoms with Crippen LogP contribution < -0.4 is 10.5 Å². The van der Waals surface area contributed by atoms with E-state index < -0.39 is 10.0 Å². The number of sulfonamides is 1. The van der Waals surface area contributed by atoms with Crippen LogP contribution in [0.15, 0.2) is 15.7 Å². The van der Waals surface area contributed by atoms with Crippen LogP contribution in [-0.4, -0.2) is 20.4 Å². The molecule has 2 saturated carbocycles. The Balaban J connectivity index is 1.65. The standard InChI is InChI=1S/C14H20N2O3S2/c1-8(12-5-9-2-3-10(12)4-9)16-14(17)11-6-13(20-7-11)21(15,18)19/h6-10,12H,2-5H2,1H3,(H,16,17)(H2,15,18,19)/t8-,9+,10+,12-/m1/s1. The summed E-state index contributed by atoms with van der Waals surface area (Å²) in [5.74, 6) is 1.93. The molecule has 1 aromatic heterocycles. The summed E-state index contributed by atoms with van der Waals surface area (Å²) in [6.07, 6.45) is 5.13. The zero-order chi connectivity index (χ0) is 15.2. The van der Waals surface area contributed by atoms with E-state index in [-0.39, 0.29) is 16.2 Å². The molecule has 3 rings (SSSR count). The highest BCUT2D eigenvalue weighted by atomic mass is 32.2. The van der Waals surface area contributed by atoms with Gasteiger partial charge in [0, 0.05) is 11.4 Å². The molecule has 2 aliphatic carbocycles.